The zero-order valence-electron chi connectivity index (χ0n) is 14.7. The molecular formula is C18H26N2O3Si. The van der Waals surface area contributed by atoms with Gasteiger partial charge in [-0.15, -0.1) is 0 Å². The van der Waals surface area contributed by atoms with Crippen molar-refractivity contribution in [2.45, 2.75) is 19.0 Å². The summed E-state index contributed by atoms with van der Waals surface area (Å²) in [6.45, 7) is 2.74. The van der Waals surface area contributed by atoms with E-state index in [0.717, 1.165) is 22.5 Å². The molecule has 2 aromatic rings. The number of benzene rings is 2. The van der Waals surface area contributed by atoms with E-state index in [1.54, 1.807) is 21.3 Å². The first-order valence-electron chi connectivity index (χ1n) is 7.89. The summed E-state index contributed by atoms with van der Waals surface area (Å²) in [5, 5.41) is 3.40. The Labute approximate surface area is 145 Å². The van der Waals surface area contributed by atoms with Gasteiger partial charge in [0.2, 0.25) is 0 Å². The highest BCUT2D eigenvalue weighted by atomic mass is 28.4. The fourth-order valence-corrected chi connectivity index (χ4v) is 5.16. The summed E-state index contributed by atoms with van der Waals surface area (Å²) in [6, 6.07) is 16.0. The molecule has 2 rings (SSSR count). The van der Waals surface area contributed by atoms with E-state index in [9.17, 15) is 0 Å². The highest BCUT2D eigenvalue weighted by molar-refractivity contribution is 6.62. The van der Waals surface area contributed by atoms with Gasteiger partial charge < -0.3 is 24.3 Å². The molecular weight excluding hydrogens is 320 g/mol. The van der Waals surface area contributed by atoms with Gasteiger partial charge in [0.25, 0.3) is 0 Å². The van der Waals surface area contributed by atoms with Crippen LogP contribution in [0.2, 0.25) is 0 Å². The Hall–Kier alpha value is -1.86. The first kappa shape index (κ1) is 18.5. The van der Waals surface area contributed by atoms with Gasteiger partial charge in [-0.05, 0) is 23.3 Å². The molecule has 0 spiro atoms. The smallest absolute Gasteiger partial charge is 0.397 e. The molecule has 0 bridgehead atoms. The predicted molar refractivity (Wildman–Crippen MR) is 99.8 cm³/mol. The van der Waals surface area contributed by atoms with Crippen molar-refractivity contribution in [2.24, 2.45) is 0 Å². The van der Waals surface area contributed by atoms with Crippen molar-refractivity contribution >= 4 is 20.2 Å². The molecule has 0 radical (unpaired) electrons. The molecule has 1 unspecified atom stereocenters. The van der Waals surface area contributed by atoms with Crippen LogP contribution in [0.4, 0.5) is 11.4 Å². The molecule has 0 aliphatic carbocycles. The SMILES string of the molecule is CO[Si](OC)(OC)C(C)c1ccccc1CNc1ccccc1N. The van der Waals surface area contributed by atoms with Gasteiger partial charge in [0.15, 0.2) is 0 Å². The van der Waals surface area contributed by atoms with Gasteiger partial charge in [0.1, 0.15) is 0 Å². The van der Waals surface area contributed by atoms with Gasteiger partial charge in [-0.1, -0.05) is 43.3 Å². The molecule has 0 saturated carbocycles. The number of nitrogens with two attached hydrogens (primary N) is 1. The van der Waals surface area contributed by atoms with Gasteiger partial charge in [-0.25, -0.2) is 0 Å². The summed E-state index contributed by atoms with van der Waals surface area (Å²) in [5.41, 5.74) is 9.99. The minimum absolute atomic E-state index is 0.0172. The fraction of sp³-hybridized carbons (Fsp3) is 0.333. The molecule has 2 aromatic carbocycles. The largest absolute Gasteiger partial charge is 0.507 e. The molecule has 0 saturated heterocycles. The van der Waals surface area contributed by atoms with Crippen molar-refractivity contribution in [3.63, 3.8) is 0 Å². The van der Waals surface area contributed by atoms with E-state index in [4.69, 9.17) is 19.0 Å². The average Bonchev–Trinajstić information content (AvgIpc) is 2.63. The molecule has 6 heteroatoms. The maximum absolute atomic E-state index is 6.00. The lowest BCUT2D eigenvalue weighted by atomic mass is 10.0. The topological polar surface area (TPSA) is 65.7 Å². The minimum Gasteiger partial charge on any atom is -0.397 e. The fourth-order valence-electron chi connectivity index (χ4n) is 2.94. The van der Waals surface area contributed by atoms with Crippen molar-refractivity contribution in [2.75, 3.05) is 32.4 Å². The quantitative estimate of drug-likeness (QED) is 0.566. The normalized spacial score (nSPS) is 12.8. The molecule has 3 N–H and O–H groups in total. The zero-order chi connectivity index (χ0) is 17.6. The molecule has 0 heterocycles. The average molecular weight is 347 g/mol. The standard InChI is InChI=1S/C18H26N2O3Si/c1-14(24(21-2,22-3)23-4)16-10-6-5-9-15(16)13-20-18-12-8-7-11-17(18)19/h5-12,14,20H,13,19H2,1-4H3. The van der Waals surface area contributed by atoms with Crippen LogP contribution >= 0.6 is 0 Å². The molecule has 0 aliphatic rings. The Morgan fingerprint density at radius 2 is 1.54 bits per heavy atom. The highest BCUT2D eigenvalue weighted by Crippen LogP contribution is 2.31. The zero-order valence-corrected chi connectivity index (χ0v) is 15.7. The van der Waals surface area contributed by atoms with E-state index in [-0.39, 0.29) is 5.54 Å². The number of nitrogen functional groups attached to an aromatic ring is 1. The first-order chi connectivity index (χ1) is 11.6. The van der Waals surface area contributed by atoms with E-state index in [1.807, 2.05) is 36.4 Å². The Balaban J connectivity index is 2.25. The van der Waals surface area contributed by atoms with Crippen molar-refractivity contribution in [3.8, 4) is 0 Å². The molecule has 0 aromatic heterocycles. The summed E-state index contributed by atoms with van der Waals surface area (Å²) >= 11 is 0. The Bertz CT molecular complexity index is 654. The van der Waals surface area contributed by atoms with Gasteiger partial charge >= 0.3 is 8.80 Å². The third-order valence-corrected chi connectivity index (χ3v) is 7.41. The number of nitrogens with one attached hydrogen (secondary N) is 1. The Morgan fingerprint density at radius 1 is 0.958 bits per heavy atom. The lowest BCUT2D eigenvalue weighted by Crippen LogP contribution is -2.48. The summed E-state index contributed by atoms with van der Waals surface area (Å²) in [7, 11) is 2.16. The maximum Gasteiger partial charge on any atom is 0.507 e. The van der Waals surface area contributed by atoms with Crippen LogP contribution in [0.5, 0.6) is 0 Å². The number of hydrogen-bond donors (Lipinski definition) is 2. The van der Waals surface area contributed by atoms with Crippen molar-refractivity contribution in [3.05, 3.63) is 59.7 Å². The van der Waals surface area contributed by atoms with Gasteiger partial charge in [0, 0.05) is 27.9 Å². The Morgan fingerprint density at radius 3 is 2.17 bits per heavy atom. The summed E-state index contributed by atoms with van der Waals surface area (Å²) in [5.74, 6) is 0. The molecule has 1 atom stereocenters. The minimum atomic E-state index is -2.76. The number of hydrogen-bond acceptors (Lipinski definition) is 5. The van der Waals surface area contributed by atoms with Crippen molar-refractivity contribution < 1.29 is 13.3 Å². The lowest BCUT2D eigenvalue weighted by molar-refractivity contribution is 0.114. The summed E-state index contributed by atoms with van der Waals surface area (Å²) in [4.78, 5) is 0. The summed E-state index contributed by atoms with van der Waals surface area (Å²) < 4.78 is 16.9. The van der Waals surface area contributed by atoms with Crippen molar-refractivity contribution in [1.29, 1.82) is 0 Å². The van der Waals surface area contributed by atoms with E-state index < -0.39 is 8.80 Å². The molecule has 0 fully saturated rings. The van der Waals surface area contributed by atoms with Crippen LogP contribution in [0.25, 0.3) is 0 Å². The van der Waals surface area contributed by atoms with E-state index in [1.165, 1.54) is 0 Å². The van der Waals surface area contributed by atoms with Crippen LogP contribution < -0.4 is 11.1 Å². The van der Waals surface area contributed by atoms with Gasteiger partial charge in [-0.2, -0.15) is 0 Å². The van der Waals surface area contributed by atoms with Crippen LogP contribution in [0.3, 0.4) is 0 Å². The van der Waals surface area contributed by atoms with Crippen LogP contribution in [-0.4, -0.2) is 30.1 Å². The number of anilines is 2. The van der Waals surface area contributed by atoms with E-state index in [2.05, 4.69) is 24.4 Å². The Kier molecular flexibility index (Phi) is 6.39. The maximum atomic E-state index is 6.00. The summed E-state index contributed by atoms with van der Waals surface area (Å²) in [6.07, 6.45) is 0. The van der Waals surface area contributed by atoms with Crippen molar-refractivity contribution in [1.82, 2.24) is 0 Å². The second-order valence-corrected chi connectivity index (χ2v) is 8.88. The van der Waals surface area contributed by atoms with E-state index in [0.29, 0.717) is 6.54 Å². The molecule has 24 heavy (non-hydrogen) atoms. The second kappa shape index (κ2) is 8.30. The predicted octanol–water partition coefficient (Wildman–Crippen LogP) is 3.40. The number of para-hydroxylation sites is 2. The van der Waals surface area contributed by atoms with Crippen LogP contribution in [0.1, 0.15) is 23.6 Å². The van der Waals surface area contributed by atoms with Gasteiger partial charge in [-0.3, -0.25) is 0 Å². The highest BCUT2D eigenvalue weighted by Gasteiger charge is 2.46. The first-order valence-corrected chi connectivity index (χ1v) is 9.69. The van der Waals surface area contributed by atoms with E-state index >= 15 is 0 Å². The van der Waals surface area contributed by atoms with Crippen LogP contribution in [0, 0.1) is 0 Å². The third kappa shape index (κ3) is 3.79. The molecule has 130 valence electrons. The molecule has 5 nitrogen and oxygen atoms in total. The lowest BCUT2D eigenvalue weighted by Gasteiger charge is -2.31. The van der Waals surface area contributed by atoms with Gasteiger partial charge in [0.05, 0.1) is 16.9 Å². The molecule has 0 amide bonds. The second-order valence-electron chi connectivity index (χ2n) is 5.58. The molecule has 0 aliphatic heterocycles. The van der Waals surface area contributed by atoms with Crippen LogP contribution in [-0.2, 0) is 19.8 Å². The number of rotatable bonds is 8. The monoisotopic (exact) mass is 346 g/mol. The van der Waals surface area contributed by atoms with Crippen LogP contribution in [0.15, 0.2) is 48.5 Å². The third-order valence-electron chi connectivity index (χ3n) is 4.34.